The maximum Gasteiger partial charge on any atom is 0.418 e. The summed E-state index contributed by atoms with van der Waals surface area (Å²) in [6.45, 7) is 1.27. The summed E-state index contributed by atoms with van der Waals surface area (Å²) < 4.78 is 96.0. The normalized spacial score (nSPS) is 20.1. The van der Waals surface area contributed by atoms with Gasteiger partial charge in [0.2, 0.25) is 5.91 Å². The molecule has 2 aliphatic rings. The third-order valence-electron chi connectivity index (χ3n) is 7.21. The number of benzene rings is 2. The van der Waals surface area contributed by atoms with Crippen LogP contribution in [0.1, 0.15) is 42.4 Å². The van der Waals surface area contributed by atoms with Crippen LogP contribution in [0.25, 0.3) is 6.08 Å². The Morgan fingerprint density at radius 1 is 0.976 bits per heavy atom. The molecule has 1 heterocycles. The summed E-state index contributed by atoms with van der Waals surface area (Å²) in [7, 11) is 0. The van der Waals surface area contributed by atoms with Gasteiger partial charge in [0, 0.05) is 29.0 Å². The lowest BCUT2D eigenvalue weighted by Crippen LogP contribution is -2.39. The molecule has 42 heavy (non-hydrogen) atoms. The van der Waals surface area contributed by atoms with Crippen LogP contribution in [-0.2, 0) is 26.7 Å². The third-order valence-corrected chi connectivity index (χ3v) is 8.26. The van der Waals surface area contributed by atoms with Crippen LogP contribution in [0.15, 0.2) is 52.3 Å². The van der Waals surface area contributed by atoms with Crippen LogP contribution in [0.5, 0.6) is 5.75 Å². The summed E-state index contributed by atoms with van der Waals surface area (Å²) >= 11 is 0.528. The molecule has 0 aromatic heterocycles. The second kappa shape index (κ2) is 13.4. The van der Waals surface area contributed by atoms with Crippen molar-refractivity contribution in [1.82, 2.24) is 4.90 Å². The molecule has 2 aromatic carbocycles. The predicted octanol–water partition coefficient (Wildman–Crippen LogP) is 7.02. The number of amides is 1. The predicted molar refractivity (Wildman–Crippen MR) is 142 cm³/mol. The van der Waals surface area contributed by atoms with Crippen LogP contribution in [0.4, 0.5) is 26.3 Å². The smallest absolute Gasteiger partial charge is 0.418 e. The van der Waals surface area contributed by atoms with Crippen molar-refractivity contribution in [3.63, 3.8) is 0 Å². The quantitative estimate of drug-likeness (QED) is 0.254. The molecule has 0 atom stereocenters. The van der Waals surface area contributed by atoms with E-state index in [2.05, 4.69) is 0 Å². The van der Waals surface area contributed by atoms with E-state index in [0.29, 0.717) is 43.2 Å². The van der Waals surface area contributed by atoms with Gasteiger partial charge < -0.3 is 19.5 Å². The molecule has 4 rings (SSSR count). The fourth-order valence-electron chi connectivity index (χ4n) is 5.01. The maximum atomic E-state index is 14.2. The van der Waals surface area contributed by atoms with Gasteiger partial charge >= 0.3 is 18.3 Å². The van der Waals surface area contributed by atoms with Crippen molar-refractivity contribution in [2.45, 2.75) is 47.8 Å². The summed E-state index contributed by atoms with van der Waals surface area (Å²) in [5.74, 6) is -1.36. The number of hydrogen-bond donors (Lipinski definition) is 1. The summed E-state index contributed by atoms with van der Waals surface area (Å²) in [6, 6.07) is 7.95. The zero-order valence-electron chi connectivity index (χ0n) is 22.3. The lowest BCUT2D eigenvalue weighted by molar-refractivity contribution is -0.163. The monoisotopic (exact) mass is 617 g/mol. The molecule has 1 aliphatic carbocycles. The molecule has 0 spiro atoms. The van der Waals surface area contributed by atoms with E-state index >= 15 is 0 Å². The van der Waals surface area contributed by atoms with Crippen molar-refractivity contribution in [3.05, 3.63) is 59.2 Å². The number of aliphatic carboxylic acids is 1. The van der Waals surface area contributed by atoms with Crippen molar-refractivity contribution in [3.8, 4) is 5.75 Å². The minimum atomic E-state index is -5.35. The zero-order valence-corrected chi connectivity index (χ0v) is 23.2. The van der Waals surface area contributed by atoms with E-state index in [1.54, 1.807) is 6.07 Å². The molecular weight excluding hydrogens is 588 g/mol. The largest absolute Gasteiger partial charge is 0.493 e. The molecule has 1 N–H and O–H groups in total. The molecule has 228 valence electrons. The number of carboxylic acids is 1. The Morgan fingerprint density at radius 2 is 1.64 bits per heavy atom. The number of carboxylic acid groups (broad SMARTS) is 1. The number of alkyl halides is 6. The molecular formula is C29H29F6NO5S. The standard InChI is InChI=1S/C29H29F6NO5S/c30-28(31,32)25-19(9-11-24(37)36-12-14-40-15-13-36)8-10-23(26(25)29(33,34)35)42-22-3-1-2-21(16-22)41-17-18-4-6-20(7-5-18)27(38)39/h1-3,8-11,16,18,20H,4-7,12-15,17H2,(H,38,39)/b11-9+/t18-,20-. The Morgan fingerprint density at radius 3 is 2.26 bits per heavy atom. The number of hydrogen-bond acceptors (Lipinski definition) is 5. The molecule has 1 aliphatic heterocycles. The SMILES string of the molecule is O=C(/C=C/c1ccc(Sc2cccc(OC[C@H]3CC[C@H](C(=O)O)CC3)c2)c(C(F)(F)F)c1C(F)(F)F)N1CCOCC1. The van der Waals surface area contributed by atoms with Gasteiger partial charge in [-0.05, 0) is 67.5 Å². The van der Waals surface area contributed by atoms with Crippen LogP contribution < -0.4 is 4.74 Å². The van der Waals surface area contributed by atoms with Crippen molar-refractivity contribution in [2.24, 2.45) is 11.8 Å². The van der Waals surface area contributed by atoms with E-state index in [0.717, 1.165) is 24.3 Å². The first kappa shape index (κ1) is 31.7. The average molecular weight is 618 g/mol. The number of morpholine rings is 1. The molecule has 2 fully saturated rings. The number of carbonyl (C=O) groups is 2. The highest BCUT2D eigenvalue weighted by Gasteiger charge is 2.46. The summed E-state index contributed by atoms with van der Waals surface area (Å²) in [6.07, 6.45) is -6.68. The second-order valence-electron chi connectivity index (χ2n) is 10.1. The van der Waals surface area contributed by atoms with E-state index in [9.17, 15) is 35.9 Å². The highest BCUT2D eigenvalue weighted by Crippen LogP contribution is 2.48. The van der Waals surface area contributed by atoms with Crippen molar-refractivity contribution in [1.29, 1.82) is 0 Å². The zero-order chi connectivity index (χ0) is 30.5. The Kier molecular flexibility index (Phi) is 10.1. The lowest BCUT2D eigenvalue weighted by Gasteiger charge is -2.26. The van der Waals surface area contributed by atoms with E-state index in [1.807, 2.05) is 0 Å². The van der Waals surface area contributed by atoms with E-state index in [-0.39, 0.29) is 49.6 Å². The number of nitrogens with zero attached hydrogens (tertiary/aromatic N) is 1. The molecule has 0 bridgehead atoms. The van der Waals surface area contributed by atoms with Gasteiger partial charge in [-0.25, -0.2) is 0 Å². The number of ether oxygens (including phenoxy) is 2. The molecule has 1 saturated carbocycles. The highest BCUT2D eigenvalue weighted by atomic mass is 32.2. The van der Waals surface area contributed by atoms with Crippen LogP contribution >= 0.6 is 11.8 Å². The first-order valence-electron chi connectivity index (χ1n) is 13.3. The molecule has 1 amide bonds. The van der Waals surface area contributed by atoms with Gasteiger partial charge in [-0.15, -0.1) is 0 Å². The minimum absolute atomic E-state index is 0.124. The first-order valence-corrected chi connectivity index (χ1v) is 14.1. The lowest BCUT2D eigenvalue weighted by atomic mass is 9.82. The van der Waals surface area contributed by atoms with Crippen LogP contribution in [0.2, 0.25) is 0 Å². The van der Waals surface area contributed by atoms with E-state index in [4.69, 9.17) is 14.6 Å². The van der Waals surface area contributed by atoms with Gasteiger partial charge in [-0.2, -0.15) is 26.3 Å². The Labute approximate surface area is 242 Å². The topological polar surface area (TPSA) is 76.1 Å². The van der Waals surface area contributed by atoms with Crippen molar-refractivity contribution < 1.29 is 50.5 Å². The summed E-state index contributed by atoms with van der Waals surface area (Å²) in [4.78, 5) is 24.5. The third kappa shape index (κ3) is 8.21. The van der Waals surface area contributed by atoms with Gasteiger partial charge in [0.15, 0.2) is 0 Å². The minimum Gasteiger partial charge on any atom is -0.493 e. The maximum absolute atomic E-state index is 14.2. The highest BCUT2D eigenvalue weighted by molar-refractivity contribution is 7.99. The van der Waals surface area contributed by atoms with Gasteiger partial charge in [-0.1, -0.05) is 23.9 Å². The molecule has 2 aromatic rings. The van der Waals surface area contributed by atoms with Gasteiger partial charge in [-0.3, -0.25) is 9.59 Å². The fourth-order valence-corrected chi connectivity index (χ4v) is 6.04. The Balaban J connectivity index is 1.55. The number of halogens is 6. The van der Waals surface area contributed by atoms with Crippen LogP contribution in [-0.4, -0.2) is 54.8 Å². The summed E-state index contributed by atoms with van der Waals surface area (Å²) in [5, 5.41) is 9.14. The molecule has 13 heteroatoms. The van der Waals surface area contributed by atoms with Gasteiger partial charge in [0.05, 0.1) is 36.9 Å². The van der Waals surface area contributed by atoms with Gasteiger partial charge in [0.1, 0.15) is 5.75 Å². The van der Waals surface area contributed by atoms with Gasteiger partial charge in [0.25, 0.3) is 0 Å². The van der Waals surface area contributed by atoms with E-state index < -0.39 is 45.8 Å². The van der Waals surface area contributed by atoms with Crippen molar-refractivity contribution >= 4 is 29.7 Å². The molecule has 1 saturated heterocycles. The van der Waals surface area contributed by atoms with Crippen LogP contribution in [0.3, 0.4) is 0 Å². The molecule has 0 unspecified atom stereocenters. The molecule has 0 radical (unpaired) electrons. The second-order valence-corrected chi connectivity index (χ2v) is 11.2. The number of rotatable bonds is 8. The number of carbonyl (C=O) groups excluding carboxylic acids is 1. The van der Waals surface area contributed by atoms with E-state index in [1.165, 1.54) is 23.1 Å². The van der Waals surface area contributed by atoms with Crippen LogP contribution in [0, 0.1) is 11.8 Å². The fraction of sp³-hybridized carbons (Fsp3) is 0.448. The van der Waals surface area contributed by atoms with Crippen molar-refractivity contribution in [2.75, 3.05) is 32.9 Å². The average Bonchev–Trinajstić information content (AvgIpc) is 2.94. The molecule has 6 nitrogen and oxygen atoms in total. The Hall–Kier alpha value is -3.19. The Bertz CT molecular complexity index is 1300. The summed E-state index contributed by atoms with van der Waals surface area (Å²) in [5.41, 5.74) is -4.46. The first-order chi connectivity index (χ1) is 19.8.